The molecule has 1 atom stereocenters. The molecule has 4 rings (SSSR count). The zero-order valence-corrected chi connectivity index (χ0v) is 16.7. The number of likely N-dealkylation sites (tertiary alicyclic amines) is 1. The van der Waals surface area contributed by atoms with Crippen LogP contribution < -0.4 is 5.73 Å². The summed E-state index contributed by atoms with van der Waals surface area (Å²) in [6.07, 6.45) is 3.01. The SMILES string of the molecule is Nc1ncc(-c2ccc(C(F)(F)F)cc2)c([C@@H]2CCCN(C(=O)C3CCCC3)C2)n1. The Kier molecular flexibility index (Phi) is 5.66. The number of nitrogens with zero attached hydrogens (tertiary/aromatic N) is 3. The second-order valence-electron chi connectivity index (χ2n) is 8.21. The van der Waals surface area contributed by atoms with Gasteiger partial charge in [-0.2, -0.15) is 13.2 Å². The number of benzene rings is 1. The molecule has 8 heteroatoms. The summed E-state index contributed by atoms with van der Waals surface area (Å²) in [6.45, 7) is 1.29. The fourth-order valence-electron chi connectivity index (χ4n) is 4.61. The zero-order valence-electron chi connectivity index (χ0n) is 16.7. The van der Waals surface area contributed by atoms with Crippen LogP contribution in [0, 0.1) is 5.92 Å². The van der Waals surface area contributed by atoms with Crippen LogP contribution in [0.4, 0.5) is 19.1 Å². The van der Waals surface area contributed by atoms with Crippen molar-refractivity contribution in [2.75, 3.05) is 18.8 Å². The molecule has 30 heavy (non-hydrogen) atoms. The molecule has 1 saturated heterocycles. The van der Waals surface area contributed by atoms with E-state index >= 15 is 0 Å². The van der Waals surface area contributed by atoms with Gasteiger partial charge in [-0.25, -0.2) is 9.97 Å². The van der Waals surface area contributed by atoms with Gasteiger partial charge in [0.15, 0.2) is 0 Å². The quantitative estimate of drug-likeness (QED) is 0.788. The first-order valence-corrected chi connectivity index (χ1v) is 10.4. The number of carbonyl (C=O) groups excluding carboxylic acids is 1. The lowest BCUT2D eigenvalue weighted by Crippen LogP contribution is -2.42. The fourth-order valence-corrected chi connectivity index (χ4v) is 4.61. The van der Waals surface area contributed by atoms with Gasteiger partial charge in [-0.3, -0.25) is 4.79 Å². The summed E-state index contributed by atoms with van der Waals surface area (Å²) in [5, 5.41) is 0. The first-order valence-electron chi connectivity index (χ1n) is 10.4. The number of nitrogen functional groups attached to an aromatic ring is 1. The topological polar surface area (TPSA) is 72.1 Å². The number of alkyl halides is 3. The number of nitrogens with two attached hydrogens (primary N) is 1. The predicted octanol–water partition coefficient (Wildman–Crippen LogP) is 4.64. The van der Waals surface area contributed by atoms with Gasteiger partial charge in [-0.1, -0.05) is 25.0 Å². The number of anilines is 1. The molecule has 2 heterocycles. The van der Waals surface area contributed by atoms with Gasteiger partial charge in [0.25, 0.3) is 0 Å². The third-order valence-corrected chi connectivity index (χ3v) is 6.18. The summed E-state index contributed by atoms with van der Waals surface area (Å²) in [7, 11) is 0. The second kappa shape index (κ2) is 8.24. The van der Waals surface area contributed by atoms with E-state index in [0.29, 0.717) is 23.4 Å². The van der Waals surface area contributed by atoms with Gasteiger partial charge in [0.05, 0.1) is 11.3 Å². The average molecular weight is 418 g/mol. The van der Waals surface area contributed by atoms with E-state index in [1.54, 1.807) is 6.20 Å². The Balaban J connectivity index is 1.60. The molecule has 2 N–H and O–H groups in total. The minimum absolute atomic E-state index is 0.0216. The maximum Gasteiger partial charge on any atom is 0.416 e. The molecule has 1 aromatic heterocycles. The molecule has 2 aromatic rings. The third-order valence-electron chi connectivity index (χ3n) is 6.18. The van der Waals surface area contributed by atoms with Crippen molar-refractivity contribution in [3.63, 3.8) is 0 Å². The van der Waals surface area contributed by atoms with E-state index < -0.39 is 11.7 Å². The normalized spacial score (nSPS) is 20.5. The molecule has 0 radical (unpaired) electrons. The monoisotopic (exact) mass is 418 g/mol. The van der Waals surface area contributed by atoms with Crippen LogP contribution >= 0.6 is 0 Å². The molecular weight excluding hydrogens is 393 g/mol. The van der Waals surface area contributed by atoms with Gasteiger partial charge in [0, 0.05) is 36.7 Å². The molecule has 2 aliphatic rings. The molecule has 2 fully saturated rings. The minimum Gasteiger partial charge on any atom is -0.368 e. The summed E-state index contributed by atoms with van der Waals surface area (Å²) in [4.78, 5) is 23.3. The van der Waals surface area contributed by atoms with Crippen molar-refractivity contribution in [3.05, 3.63) is 41.7 Å². The number of rotatable bonds is 3. The van der Waals surface area contributed by atoms with E-state index in [1.807, 2.05) is 4.90 Å². The van der Waals surface area contributed by atoms with Crippen molar-refractivity contribution >= 4 is 11.9 Å². The predicted molar refractivity (Wildman–Crippen MR) is 107 cm³/mol. The fraction of sp³-hybridized carbons (Fsp3) is 0.500. The Morgan fingerprint density at radius 2 is 1.77 bits per heavy atom. The van der Waals surface area contributed by atoms with Gasteiger partial charge in [-0.05, 0) is 43.4 Å². The molecule has 0 spiro atoms. The summed E-state index contributed by atoms with van der Waals surface area (Å²) < 4.78 is 38.7. The van der Waals surface area contributed by atoms with Crippen LogP contribution in [0.1, 0.15) is 55.7 Å². The number of piperidine rings is 1. The van der Waals surface area contributed by atoms with Crippen LogP contribution in [0.5, 0.6) is 0 Å². The van der Waals surface area contributed by atoms with Crippen molar-refractivity contribution in [1.29, 1.82) is 0 Å². The number of amides is 1. The Hall–Kier alpha value is -2.64. The zero-order chi connectivity index (χ0) is 21.3. The molecule has 1 saturated carbocycles. The lowest BCUT2D eigenvalue weighted by molar-refractivity contribution is -0.138. The molecule has 1 amide bonds. The van der Waals surface area contributed by atoms with Crippen molar-refractivity contribution in [2.24, 2.45) is 5.92 Å². The Bertz CT molecular complexity index is 908. The van der Waals surface area contributed by atoms with Crippen molar-refractivity contribution < 1.29 is 18.0 Å². The molecule has 160 valence electrons. The van der Waals surface area contributed by atoms with E-state index in [0.717, 1.165) is 57.2 Å². The van der Waals surface area contributed by atoms with E-state index in [2.05, 4.69) is 9.97 Å². The highest BCUT2D eigenvalue weighted by atomic mass is 19.4. The van der Waals surface area contributed by atoms with Crippen LogP contribution in [-0.2, 0) is 11.0 Å². The number of carbonyl (C=O) groups is 1. The van der Waals surface area contributed by atoms with Crippen molar-refractivity contribution in [2.45, 2.75) is 50.6 Å². The summed E-state index contributed by atoms with van der Waals surface area (Å²) >= 11 is 0. The molecule has 1 aromatic carbocycles. The Morgan fingerprint density at radius 3 is 2.43 bits per heavy atom. The number of halogens is 3. The Morgan fingerprint density at radius 1 is 1.07 bits per heavy atom. The van der Waals surface area contributed by atoms with Gasteiger partial charge in [0.2, 0.25) is 11.9 Å². The van der Waals surface area contributed by atoms with Gasteiger partial charge in [0.1, 0.15) is 0 Å². The van der Waals surface area contributed by atoms with Crippen LogP contribution in [0.3, 0.4) is 0 Å². The van der Waals surface area contributed by atoms with Gasteiger partial charge >= 0.3 is 6.18 Å². The van der Waals surface area contributed by atoms with Crippen LogP contribution in [0.15, 0.2) is 30.5 Å². The van der Waals surface area contributed by atoms with Gasteiger partial charge in [-0.15, -0.1) is 0 Å². The lowest BCUT2D eigenvalue weighted by Gasteiger charge is -2.34. The van der Waals surface area contributed by atoms with Crippen molar-refractivity contribution in [3.8, 4) is 11.1 Å². The van der Waals surface area contributed by atoms with E-state index in [9.17, 15) is 18.0 Å². The maximum atomic E-state index is 12.9. The molecule has 1 aliphatic carbocycles. The average Bonchev–Trinajstić information content (AvgIpc) is 3.28. The number of aromatic nitrogens is 2. The summed E-state index contributed by atoms with van der Waals surface area (Å²) in [6, 6.07) is 5.00. The van der Waals surface area contributed by atoms with Gasteiger partial charge < -0.3 is 10.6 Å². The standard InChI is InChI=1S/C22H25F3N4O/c23-22(24,25)17-9-7-14(8-10-17)18-12-27-21(26)28-19(18)16-6-3-11-29(13-16)20(30)15-4-1-2-5-15/h7-10,12,15-16H,1-6,11,13H2,(H2,26,27,28)/t16-/m1/s1. The number of hydrogen-bond donors (Lipinski definition) is 1. The first kappa shape index (κ1) is 20.6. The Labute approximate surface area is 173 Å². The smallest absolute Gasteiger partial charge is 0.368 e. The highest BCUT2D eigenvalue weighted by Gasteiger charge is 2.33. The lowest BCUT2D eigenvalue weighted by atomic mass is 9.89. The van der Waals surface area contributed by atoms with E-state index in [4.69, 9.17) is 5.73 Å². The minimum atomic E-state index is -4.39. The summed E-state index contributed by atoms with van der Waals surface area (Å²) in [5.74, 6) is 0.440. The molecule has 0 unspecified atom stereocenters. The third kappa shape index (κ3) is 4.27. The summed E-state index contributed by atoms with van der Waals surface area (Å²) in [5.41, 5.74) is 7.11. The highest BCUT2D eigenvalue weighted by Crippen LogP contribution is 2.36. The van der Waals surface area contributed by atoms with E-state index in [1.165, 1.54) is 12.1 Å². The van der Waals surface area contributed by atoms with Crippen LogP contribution in [0.2, 0.25) is 0 Å². The van der Waals surface area contributed by atoms with E-state index in [-0.39, 0.29) is 23.7 Å². The molecule has 1 aliphatic heterocycles. The maximum absolute atomic E-state index is 12.9. The second-order valence-corrected chi connectivity index (χ2v) is 8.21. The highest BCUT2D eigenvalue weighted by molar-refractivity contribution is 5.79. The van der Waals surface area contributed by atoms with Crippen LogP contribution in [0.25, 0.3) is 11.1 Å². The molecular formula is C22H25F3N4O. The van der Waals surface area contributed by atoms with Crippen molar-refractivity contribution in [1.82, 2.24) is 14.9 Å². The number of hydrogen-bond acceptors (Lipinski definition) is 4. The largest absolute Gasteiger partial charge is 0.416 e. The molecule has 0 bridgehead atoms. The first-order chi connectivity index (χ1) is 14.3. The molecule has 5 nitrogen and oxygen atoms in total. The van der Waals surface area contributed by atoms with Crippen LogP contribution in [-0.4, -0.2) is 33.9 Å².